The Kier molecular flexibility index (Phi) is 7.06. The topological polar surface area (TPSA) is 18.5 Å². The van der Waals surface area contributed by atoms with Crippen LogP contribution in [-0.2, 0) is 10.6 Å². The first-order valence-corrected chi connectivity index (χ1v) is 6.68. The number of hydrogen-bond acceptors (Lipinski definition) is 2. The zero-order valence-corrected chi connectivity index (χ0v) is 11.4. The minimum Gasteiger partial charge on any atom is -0.491 e. The van der Waals surface area contributed by atoms with Gasteiger partial charge in [0.05, 0.1) is 12.5 Å². The predicted molar refractivity (Wildman–Crippen MR) is 72.0 cm³/mol. The maximum absolute atomic E-state index is 5.87. The molecule has 0 aliphatic carbocycles. The van der Waals surface area contributed by atoms with Gasteiger partial charge in [-0.25, -0.2) is 0 Å². The van der Waals surface area contributed by atoms with Gasteiger partial charge in [0.25, 0.3) is 0 Å². The van der Waals surface area contributed by atoms with E-state index >= 15 is 0 Å². The van der Waals surface area contributed by atoms with Crippen molar-refractivity contribution < 1.29 is 9.47 Å². The largest absolute Gasteiger partial charge is 0.491 e. The second kappa shape index (κ2) is 8.37. The maximum atomic E-state index is 5.87. The Labute approximate surface area is 109 Å². The number of halogens is 1. The van der Waals surface area contributed by atoms with Gasteiger partial charge in [0, 0.05) is 12.2 Å². The van der Waals surface area contributed by atoms with Gasteiger partial charge >= 0.3 is 0 Å². The molecule has 0 saturated heterocycles. The maximum Gasteiger partial charge on any atom is 0.126 e. The Balaban J connectivity index is 2.35. The van der Waals surface area contributed by atoms with Crippen LogP contribution in [0, 0.1) is 6.92 Å². The Morgan fingerprint density at radius 3 is 2.71 bits per heavy atom. The fraction of sp³-hybridized carbons (Fsp3) is 0.571. The van der Waals surface area contributed by atoms with Crippen LogP contribution in [0.25, 0.3) is 0 Å². The van der Waals surface area contributed by atoms with Gasteiger partial charge in [-0.2, -0.15) is 0 Å². The Hall–Kier alpha value is -0.730. The van der Waals surface area contributed by atoms with Crippen molar-refractivity contribution in [3.05, 3.63) is 29.3 Å². The Morgan fingerprint density at radius 1 is 1.18 bits per heavy atom. The molecule has 1 rings (SSSR count). The SMILES string of the molecule is CCCCOCCOc1c(C)cccc1CCl. The van der Waals surface area contributed by atoms with E-state index in [2.05, 4.69) is 6.92 Å². The van der Waals surface area contributed by atoms with Crippen molar-refractivity contribution >= 4 is 11.6 Å². The van der Waals surface area contributed by atoms with E-state index in [0.717, 1.165) is 36.3 Å². The molecular formula is C14H21ClO2. The van der Waals surface area contributed by atoms with E-state index in [4.69, 9.17) is 21.1 Å². The molecule has 0 radical (unpaired) electrons. The normalized spacial score (nSPS) is 10.5. The van der Waals surface area contributed by atoms with Gasteiger partial charge in [0.15, 0.2) is 0 Å². The van der Waals surface area contributed by atoms with E-state index in [-0.39, 0.29) is 0 Å². The number of unbranched alkanes of at least 4 members (excludes halogenated alkanes) is 1. The zero-order chi connectivity index (χ0) is 12.5. The van der Waals surface area contributed by atoms with Gasteiger partial charge in [-0.05, 0) is 18.9 Å². The monoisotopic (exact) mass is 256 g/mol. The first-order valence-electron chi connectivity index (χ1n) is 6.14. The van der Waals surface area contributed by atoms with E-state index in [9.17, 15) is 0 Å². The number of ether oxygens (including phenoxy) is 2. The molecule has 0 spiro atoms. The molecule has 0 aliphatic rings. The molecule has 0 fully saturated rings. The van der Waals surface area contributed by atoms with Crippen molar-refractivity contribution in [1.82, 2.24) is 0 Å². The summed E-state index contributed by atoms with van der Waals surface area (Å²) in [5.74, 6) is 1.38. The highest BCUT2D eigenvalue weighted by Gasteiger charge is 2.05. The predicted octanol–water partition coefficient (Wildman–Crippen LogP) is 3.93. The van der Waals surface area contributed by atoms with Gasteiger partial charge < -0.3 is 9.47 Å². The van der Waals surface area contributed by atoms with Crippen LogP contribution in [0.15, 0.2) is 18.2 Å². The van der Waals surface area contributed by atoms with Crippen LogP contribution in [0.2, 0.25) is 0 Å². The lowest BCUT2D eigenvalue weighted by Gasteiger charge is -2.12. The van der Waals surface area contributed by atoms with Crippen molar-refractivity contribution in [3.63, 3.8) is 0 Å². The molecule has 3 heteroatoms. The van der Waals surface area contributed by atoms with Crippen LogP contribution >= 0.6 is 11.6 Å². The highest BCUT2D eigenvalue weighted by atomic mass is 35.5. The first kappa shape index (κ1) is 14.3. The number of hydrogen-bond donors (Lipinski definition) is 0. The number of para-hydroxylation sites is 1. The molecule has 96 valence electrons. The molecule has 0 unspecified atom stereocenters. The second-order valence-corrected chi connectivity index (χ2v) is 4.28. The summed E-state index contributed by atoms with van der Waals surface area (Å²) in [6, 6.07) is 6.02. The molecule has 0 N–H and O–H groups in total. The van der Waals surface area contributed by atoms with Crippen LogP contribution in [0.1, 0.15) is 30.9 Å². The summed E-state index contributed by atoms with van der Waals surface area (Å²) in [5, 5.41) is 0. The van der Waals surface area contributed by atoms with Crippen molar-refractivity contribution in [2.45, 2.75) is 32.6 Å². The van der Waals surface area contributed by atoms with Crippen LogP contribution in [0.3, 0.4) is 0 Å². The highest BCUT2D eigenvalue weighted by Crippen LogP contribution is 2.24. The molecule has 0 amide bonds. The van der Waals surface area contributed by atoms with E-state index in [1.54, 1.807) is 0 Å². The summed E-state index contributed by atoms with van der Waals surface area (Å²) in [5.41, 5.74) is 2.16. The van der Waals surface area contributed by atoms with Crippen molar-refractivity contribution in [3.8, 4) is 5.75 Å². The average molecular weight is 257 g/mol. The van der Waals surface area contributed by atoms with Gasteiger partial charge in [0.2, 0.25) is 0 Å². The lowest BCUT2D eigenvalue weighted by Crippen LogP contribution is -2.09. The summed E-state index contributed by atoms with van der Waals surface area (Å²) < 4.78 is 11.2. The van der Waals surface area contributed by atoms with Gasteiger partial charge in [-0.1, -0.05) is 31.5 Å². The van der Waals surface area contributed by atoms with Crippen LogP contribution < -0.4 is 4.74 Å². The van der Waals surface area contributed by atoms with E-state index in [1.165, 1.54) is 0 Å². The quantitative estimate of drug-likeness (QED) is 0.518. The highest BCUT2D eigenvalue weighted by molar-refractivity contribution is 6.17. The molecule has 0 heterocycles. The van der Waals surface area contributed by atoms with Gasteiger partial charge in [0.1, 0.15) is 12.4 Å². The van der Waals surface area contributed by atoms with E-state index < -0.39 is 0 Å². The van der Waals surface area contributed by atoms with Crippen molar-refractivity contribution in [1.29, 1.82) is 0 Å². The fourth-order valence-electron chi connectivity index (χ4n) is 1.58. The molecular weight excluding hydrogens is 236 g/mol. The summed E-state index contributed by atoms with van der Waals surface area (Å²) in [4.78, 5) is 0. The average Bonchev–Trinajstić information content (AvgIpc) is 2.35. The van der Waals surface area contributed by atoms with Crippen LogP contribution in [0.5, 0.6) is 5.75 Å². The summed E-state index contributed by atoms with van der Waals surface area (Å²) in [6.07, 6.45) is 2.27. The Morgan fingerprint density at radius 2 is 2.00 bits per heavy atom. The first-order chi connectivity index (χ1) is 8.29. The lowest BCUT2D eigenvalue weighted by atomic mass is 10.1. The third kappa shape index (κ3) is 4.97. The molecule has 0 aromatic heterocycles. The van der Waals surface area contributed by atoms with Gasteiger partial charge in [-0.15, -0.1) is 11.6 Å². The number of rotatable bonds is 8. The molecule has 2 nitrogen and oxygen atoms in total. The lowest BCUT2D eigenvalue weighted by molar-refractivity contribution is 0.0976. The van der Waals surface area contributed by atoms with E-state index in [1.807, 2.05) is 25.1 Å². The molecule has 17 heavy (non-hydrogen) atoms. The fourth-order valence-corrected chi connectivity index (χ4v) is 1.79. The number of benzene rings is 1. The van der Waals surface area contributed by atoms with Gasteiger partial charge in [-0.3, -0.25) is 0 Å². The van der Waals surface area contributed by atoms with Crippen LogP contribution in [-0.4, -0.2) is 19.8 Å². The third-order valence-corrected chi connectivity index (χ3v) is 2.84. The number of alkyl halides is 1. The minimum absolute atomic E-state index is 0.480. The Bertz CT molecular complexity index is 326. The molecule has 0 atom stereocenters. The summed E-state index contributed by atoms with van der Waals surface area (Å²) in [7, 11) is 0. The minimum atomic E-state index is 0.480. The molecule has 0 aliphatic heterocycles. The molecule has 1 aromatic carbocycles. The van der Waals surface area contributed by atoms with E-state index in [0.29, 0.717) is 19.1 Å². The summed E-state index contributed by atoms with van der Waals surface area (Å²) >= 11 is 5.87. The molecule has 0 bridgehead atoms. The standard InChI is InChI=1S/C14H21ClO2/c1-3-4-8-16-9-10-17-14-12(2)6-5-7-13(14)11-15/h5-7H,3-4,8-11H2,1-2H3. The third-order valence-electron chi connectivity index (χ3n) is 2.55. The molecule has 1 aromatic rings. The second-order valence-electron chi connectivity index (χ2n) is 4.01. The molecule has 0 saturated carbocycles. The van der Waals surface area contributed by atoms with Crippen molar-refractivity contribution in [2.24, 2.45) is 0 Å². The number of aryl methyl sites for hydroxylation is 1. The van der Waals surface area contributed by atoms with Crippen LogP contribution in [0.4, 0.5) is 0 Å². The summed E-state index contributed by atoms with van der Waals surface area (Å²) in [6.45, 7) is 6.22. The van der Waals surface area contributed by atoms with Crippen molar-refractivity contribution in [2.75, 3.05) is 19.8 Å². The zero-order valence-electron chi connectivity index (χ0n) is 10.7. The smallest absolute Gasteiger partial charge is 0.126 e.